The molecule has 0 atom stereocenters. The van der Waals surface area contributed by atoms with Crippen molar-refractivity contribution in [1.29, 1.82) is 0 Å². The van der Waals surface area contributed by atoms with E-state index in [1.807, 2.05) is 26.0 Å². The molecule has 45 heavy (non-hydrogen) atoms. The number of aliphatic hydroxyl groups excluding tert-OH is 1. The Kier molecular flexibility index (Phi) is 12.9. The van der Waals surface area contributed by atoms with E-state index >= 15 is 0 Å². The van der Waals surface area contributed by atoms with Crippen molar-refractivity contribution < 1.29 is 28.9 Å². The highest BCUT2D eigenvalue weighted by Crippen LogP contribution is 2.34. The van der Waals surface area contributed by atoms with Crippen molar-refractivity contribution in [2.24, 2.45) is 0 Å². The molecule has 0 bridgehead atoms. The van der Waals surface area contributed by atoms with E-state index < -0.39 is 0 Å². The molecule has 4 N–H and O–H groups in total. The summed E-state index contributed by atoms with van der Waals surface area (Å²) in [7, 11) is 1.54. The van der Waals surface area contributed by atoms with Crippen molar-refractivity contribution in [3.63, 3.8) is 0 Å². The van der Waals surface area contributed by atoms with Crippen LogP contribution in [0.3, 0.4) is 0 Å². The van der Waals surface area contributed by atoms with Gasteiger partial charge in [-0.15, -0.1) is 0 Å². The molecule has 1 aliphatic heterocycles. The molecule has 1 fully saturated rings. The van der Waals surface area contributed by atoms with Gasteiger partial charge in [0.05, 0.1) is 7.11 Å². The van der Waals surface area contributed by atoms with E-state index in [1.54, 1.807) is 61.7 Å². The summed E-state index contributed by atoms with van der Waals surface area (Å²) in [5.74, 6) is 2.07. The number of carbonyl (C=O) groups is 2. The highest BCUT2D eigenvalue weighted by molar-refractivity contribution is 6.04. The third kappa shape index (κ3) is 10.4. The quantitative estimate of drug-likeness (QED) is 0.141. The second-order valence-electron chi connectivity index (χ2n) is 11.2. The number of aliphatic hydroxyl groups is 1. The summed E-state index contributed by atoms with van der Waals surface area (Å²) in [5.41, 5.74) is 1.76. The molecular weight excluding hydrogens is 572 g/mol. The maximum atomic E-state index is 12.9. The molecule has 1 aliphatic rings. The molecule has 1 heterocycles. The van der Waals surface area contributed by atoms with Crippen LogP contribution >= 0.6 is 0 Å². The zero-order valence-electron chi connectivity index (χ0n) is 26.5. The van der Waals surface area contributed by atoms with Gasteiger partial charge in [-0.2, -0.15) is 0 Å². The fourth-order valence-electron chi connectivity index (χ4n) is 5.19. The van der Waals surface area contributed by atoms with Crippen molar-refractivity contribution in [3.8, 4) is 23.0 Å². The number of ether oxygens (including phenoxy) is 3. The molecule has 10 nitrogen and oxygen atoms in total. The molecule has 3 aromatic carbocycles. The summed E-state index contributed by atoms with van der Waals surface area (Å²) in [6.45, 7) is 7.34. The number of piperidine rings is 1. The number of rotatable bonds is 15. The molecule has 0 unspecified atom stereocenters. The normalized spacial score (nSPS) is 13.7. The van der Waals surface area contributed by atoms with Gasteiger partial charge in [0.25, 0.3) is 5.91 Å². The van der Waals surface area contributed by atoms with Crippen molar-refractivity contribution in [2.75, 3.05) is 44.0 Å². The number of methoxy groups -OCH3 is 1. The smallest absolute Gasteiger partial charge is 0.319 e. The van der Waals surface area contributed by atoms with Crippen LogP contribution in [-0.2, 0) is 0 Å². The monoisotopic (exact) mass is 618 g/mol. The maximum Gasteiger partial charge on any atom is 0.319 e. The van der Waals surface area contributed by atoms with Gasteiger partial charge in [0.15, 0.2) is 11.5 Å². The fourth-order valence-corrected chi connectivity index (χ4v) is 5.19. The molecule has 0 aliphatic carbocycles. The van der Waals surface area contributed by atoms with Crippen molar-refractivity contribution in [1.82, 2.24) is 10.2 Å². The molecule has 3 aromatic rings. The lowest BCUT2D eigenvalue weighted by atomic mass is 10.1. The van der Waals surface area contributed by atoms with E-state index in [1.165, 1.54) is 0 Å². The Bertz CT molecular complexity index is 1350. The molecule has 4 rings (SSSR count). The van der Waals surface area contributed by atoms with Gasteiger partial charge < -0.3 is 40.2 Å². The van der Waals surface area contributed by atoms with Crippen LogP contribution in [0.2, 0.25) is 0 Å². The number of carbonyl (C=O) groups excluding carboxylic acids is 2. The second-order valence-corrected chi connectivity index (χ2v) is 11.2. The molecule has 0 spiro atoms. The minimum absolute atomic E-state index is 0.121. The van der Waals surface area contributed by atoms with Crippen LogP contribution in [-0.4, -0.2) is 67.4 Å². The number of benzene rings is 3. The first-order valence-corrected chi connectivity index (χ1v) is 15.9. The molecule has 3 amide bonds. The maximum absolute atomic E-state index is 12.9. The lowest BCUT2D eigenvalue weighted by Gasteiger charge is -2.32. The van der Waals surface area contributed by atoms with Crippen LogP contribution in [0, 0.1) is 0 Å². The Morgan fingerprint density at radius 3 is 2.18 bits per heavy atom. The van der Waals surface area contributed by atoms with Gasteiger partial charge in [-0.25, -0.2) is 4.79 Å². The Balaban J connectivity index is 1.25. The minimum Gasteiger partial charge on any atom is -0.493 e. The number of amides is 3. The number of urea groups is 1. The van der Waals surface area contributed by atoms with Gasteiger partial charge >= 0.3 is 6.03 Å². The Morgan fingerprint density at radius 1 is 0.867 bits per heavy atom. The average molecular weight is 619 g/mol. The largest absolute Gasteiger partial charge is 0.493 e. The highest BCUT2D eigenvalue weighted by atomic mass is 16.5. The summed E-state index contributed by atoms with van der Waals surface area (Å²) < 4.78 is 17.7. The van der Waals surface area contributed by atoms with E-state index in [2.05, 4.69) is 20.9 Å². The van der Waals surface area contributed by atoms with Crippen LogP contribution in [0.15, 0.2) is 66.7 Å². The molecular formula is C35H46N4O6. The minimum atomic E-state index is -0.264. The van der Waals surface area contributed by atoms with Gasteiger partial charge in [0.1, 0.15) is 17.6 Å². The summed E-state index contributed by atoms with van der Waals surface area (Å²) in [6.07, 6.45) is 5.69. The van der Waals surface area contributed by atoms with Crippen LogP contribution in [0.1, 0.15) is 62.7 Å². The van der Waals surface area contributed by atoms with Crippen molar-refractivity contribution >= 4 is 23.3 Å². The molecule has 0 saturated carbocycles. The summed E-state index contributed by atoms with van der Waals surface area (Å²) in [5, 5.41) is 17.7. The Labute approximate surface area is 266 Å². The van der Waals surface area contributed by atoms with E-state index in [0.29, 0.717) is 34.2 Å². The molecule has 1 saturated heterocycles. The number of unbranched alkanes of at least 4 members (excludes halogenated alkanes) is 1. The zero-order chi connectivity index (χ0) is 32.0. The van der Waals surface area contributed by atoms with Crippen LogP contribution in [0.5, 0.6) is 23.0 Å². The lowest BCUT2D eigenvalue weighted by molar-refractivity contribution is 0.0984. The molecule has 10 heteroatoms. The van der Waals surface area contributed by atoms with E-state index in [0.717, 1.165) is 63.9 Å². The predicted octanol–water partition coefficient (Wildman–Crippen LogP) is 6.67. The van der Waals surface area contributed by atoms with Gasteiger partial charge in [-0.05, 0) is 106 Å². The van der Waals surface area contributed by atoms with Crippen molar-refractivity contribution in [2.45, 2.75) is 64.5 Å². The summed E-state index contributed by atoms with van der Waals surface area (Å²) in [6, 6.07) is 19.3. The first kappa shape index (κ1) is 33.6. The van der Waals surface area contributed by atoms with Crippen molar-refractivity contribution in [3.05, 3.63) is 72.3 Å². The summed E-state index contributed by atoms with van der Waals surface area (Å²) >= 11 is 0. The lowest BCUT2D eigenvalue weighted by Crippen LogP contribution is -2.38. The number of nitrogens with one attached hydrogen (secondary N) is 3. The summed E-state index contributed by atoms with van der Waals surface area (Å²) in [4.78, 5) is 27.6. The van der Waals surface area contributed by atoms with E-state index in [9.17, 15) is 9.59 Å². The van der Waals surface area contributed by atoms with E-state index in [4.69, 9.17) is 19.3 Å². The topological polar surface area (TPSA) is 121 Å². The number of anilines is 2. The third-order valence-corrected chi connectivity index (χ3v) is 7.92. The van der Waals surface area contributed by atoms with Gasteiger partial charge in [-0.1, -0.05) is 13.8 Å². The number of hydrogen-bond donors (Lipinski definition) is 4. The molecule has 0 radical (unpaired) electrons. The Morgan fingerprint density at radius 2 is 1.53 bits per heavy atom. The molecule has 242 valence electrons. The van der Waals surface area contributed by atoms with Crippen LogP contribution < -0.4 is 30.2 Å². The van der Waals surface area contributed by atoms with E-state index in [-0.39, 0.29) is 30.7 Å². The Hall–Kier alpha value is -4.28. The SMILES string of the molecule is CCC(CC)NC(=O)Nc1ccc(Oc2ccc(NC(=O)c3ccc(OC4CCN(CCCCO)CC4)cc3)cc2)c(OC)c1. The number of nitrogens with zero attached hydrogens (tertiary/aromatic N) is 1. The third-order valence-electron chi connectivity index (χ3n) is 7.92. The number of hydrogen-bond acceptors (Lipinski definition) is 7. The predicted molar refractivity (Wildman–Crippen MR) is 177 cm³/mol. The first-order chi connectivity index (χ1) is 21.9. The highest BCUT2D eigenvalue weighted by Gasteiger charge is 2.20. The standard InChI is InChI=1S/C35H46N4O6/c1-4-26(5-2)37-35(42)38-28-12-17-32(33(24-28)43-3)45-30-15-10-27(11-16-30)36-34(41)25-8-13-29(14-9-25)44-31-18-21-39(22-19-31)20-6-7-23-40/h8-17,24,26,31,40H,4-7,18-23H2,1-3H3,(H,36,41)(H2,37,38,42). The molecule has 0 aromatic heterocycles. The van der Waals surface area contributed by atoms with Gasteiger partial charge in [0.2, 0.25) is 0 Å². The average Bonchev–Trinajstić information content (AvgIpc) is 3.06. The van der Waals surface area contributed by atoms with Gasteiger partial charge in [0, 0.05) is 48.7 Å². The van der Waals surface area contributed by atoms with Crippen LogP contribution in [0.4, 0.5) is 16.2 Å². The fraction of sp³-hybridized carbons (Fsp3) is 0.429. The number of likely N-dealkylation sites (tertiary alicyclic amines) is 1. The zero-order valence-corrected chi connectivity index (χ0v) is 26.5. The van der Waals surface area contributed by atoms with Gasteiger partial charge in [-0.3, -0.25) is 4.79 Å². The second kappa shape index (κ2) is 17.3. The first-order valence-electron chi connectivity index (χ1n) is 15.9. The van der Waals surface area contributed by atoms with Crippen LogP contribution in [0.25, 0.3) is 0 Å².